The lowest BCUT2D eigenvalue weighted by Gasteiger charge is -2.36. The molecule has 2 aromatic rings. The third kappa shape index (κ3) is 4.30. The van der Waals surface area contributed by atoms with Gasteiger partial charge in [0.2, 0.25) is 5.91 Å². The van der Waals surface area contributed by atoms with Gasteiger partial charge in [-0.1, -0.05) is 12.1 Å². The third-order valence-electron chi connectivity index (χ3n) is 5.84. The minimum absolute atomic E-state index is 0.264. The van der Waals surface area contributed by atoms with Crippen molar-refractivity contribution in [1.82, 2.24) is 19.9 Å². The van der Waals surface area contributed by atoms with Gasteiger partial charge < -0.3 is 9.42 Å². The summed E-state index contributed by atoms with van der Waals surface area (Å²) in [7, 11) is 0. The molecule has 2 aliphatic rings. The van der Waals surface area contributed by atoms with Crippen LogP contribution in [0.25, 0.3) is 11.0 Å². The molecule has 2 fully saturated rings. The molecule has 0 spiro atoms. The molecule has 3 heterocycles. The van der Waals surface area contributed by atoms with Gasteiger partial charge >= 0.3 is 0 Å². The molecule has 1 aromatic carbocycles. The van der Waals surface area contributed by atoms with Crippen LogP contribution in [-0.2, 0) is 11.3 Å². The molecule has 146 valence electrons. The Hall–Kier alpha value is -1.99. The Balaban J connectivity index is 1.27. The van der Waals surface area contributed by atoms with E-state index < -0.39 is 0 Å². The zero-order chi connectivity index (χ0) is 18.8. The second-order valence-corrected chi connectivity index (χ2v) is 7.89. The van der Waals surface area contributed by atoms with E-state index in [-0.39, 0.29) is 11.7 Å². The Morgan fingerprint density at radius 3 is 2.59 bits per heavy atom. The summed E-state index contributed by atoms with van der Waals surface area (Å²) in [5.74, 6) is 0.688. The van der Waals surface area contributed by atoms with Crippen LogP contribution < -0.4 is 0 Å². The van der Waals surface area contributed by atoms with Crippen LogP contribution in [0.1, 0.15) is 25.5 Å². The van der Waals surface area contributed by atoms with Gasteiger partial charge in [-0.2, -0.15) is 0 Å². The van der Waals surface area contributed by atoms with Crippen LogP contribution in [0.5, 0.6) is 0 Å². The number of piperazine rings is 1. The highest BCUT2D eigenvalue weighted by atomic mass is 19.1. The summed E-state index contributed by atoms with van der Waals surface area (Å²) in [4.78, 5) is 19.1. The topological polar surface area (TPSA) is 52.8 Å². The normalized spacial score (nSPS) is 20.4. The van der Waals surface area contributed by atoms with Crippen molar-refractivity contribution >= 4 is 16.9 Å². The standard InChI is InChI=1S/C20H27FN4O2/c1-15-4-6-25(7-5-15)20(26)14-24-10-8-23(9-11-24)13-18-17-3-2-16(21)12-19(17)27-22-18/h2-3,12,15H,4-11,13-14H2,1H3. The summed E-state index contributed by atoms with van der Waals surface area (Å²) in [6.07, 6.45) is 2.24. The van der Waals surface area contributed by atoms with E-state index >= 15 is 0 Å². The summed E-state index contributed by atoms with van der Waals surface area (Å²) in [6.45, 7) is 8.80. The maximum atomic E-state index is 13.3. The smallest absolute Gasteiger partial charge is 0.236 e. The fourth-order valence-electron chi connectivity index (χ4n) is 3.94. The van der Waals surface area contributed by atoms with E-state index in [1.54, 1.807) is 6.07 Å². The van der Waals surface area contributed by atoms with Gasteiger partial charge in [-0.3, -0.25) is 14.6 Å². The van der Waals surface area contributed by atoms with Gasteiger partial charge in [0.15, 0.2) is 5.58 Å². The van der Waals surface area contributed by atoms with Crippen molar-refractivity contribution in [3.8, 4) is 0 Å². The van der Waals surface area contributed by atoms with Crippen LogP contribution in [0.3, 0.4) is 0 Å². The predicted octanol–water partition coefficient (Wildman–Crippen LogP) is 2.34. The van der Waals surface area contributed by atoms with Crippen molar-refractivity contribution in [2.75, 3.05) is 45.8 Å². The van der Waals surface area contributed by atoms with E-state index in [1.807, 2.05) is 4.90 Å². The zero-order valence-corrected chi connectivity index (χ0v) is 15.9. The molecule has 27 heavy (non-hydrogen) atoms. The first-order valence-corrected chi connectivity index (χ1v) is 9.85. The Bertz CT molecular complexity index is 792. The number of fused-ring (bicyclic) bond motifs is 1. The second-order valence-electron chi connectivity index (χ2n) is 7.89. The Kier molecular flexibility index (Phi) is 5.41. The number of hydrogen-bond acceptors (Lipinski definition) is 5. The molecule has 1 amide bonds. The quantitative estimate of drug-likeness (QED) is 0.822. The van der Waals surface area contributed by atoms with Crippen LogP contribution in [0.2, 0.25) is 0 Å². The van der Waals surface area contributed by atoms with Gasteiger partial charge in [-0.05, 0) is 30.9 Å². The summed E-state index contributed by atoms with van der Waals surface area (Å²) in [5.41, 5.74) is 1.34. The molecular formula is C20H27FN4O2. The van der Waals surface area contributed by atoms with Crippen molar-refractivity contribution in [2.45, 2.75) is 26.3 Å². The van der Waals surface area contributed by atoms with Gasteiger partial charge in [0.25, 0.3) is 0 Å². The number of aromatic nitrogens is 1. The maximum Gasteiger partial charge on any atom is 0.236 e. The summed E-state index contributed by atoms with van der Waals surface area (Å²) in [5, 5.41) is 4.98. The largest absolute Gasteiger partial charge is 0.356 e. The number of carbonyl (C=O) groups is 1. The van der Waals surface area contributed by atoms with Crippen molar-refractivity contribution in [3.05, 3.63) is 29.7 Å². The van der Waals surface area contributed by atoms with Crippen LogP contribution in [0, 0.1) is 11.7 Å². The first-order chi connectivity index (χ1) is 13.1. The van der Waals surface area contributed by atoms with E-state index in [9.17, 15) is 9.18 Å². The summed E-state index contributed by atoms with van der Waals surface area (Å²) >= 11 is 0. The summed E-state index contributed by atoms with van der Waals surface area (Å²) in [6, 6.07) is 4.54. The first-order valence-electron chi connectivity index (χ1n) is 9.85. The molecule has 0 bridgehead atoms. The molecule has 4 rings (SSSR count). The zero-order valence-electron chi connectivity index (χ0n) is 15.9. The van der Waals surface area contributed by atoms with E-state index in [0.29, 0.717) is 18.7 Å². The predicted molar refractivity (Wildman–Crippen MR) is 101 cm³/mol. The SMILES string of the molecule is CC1CCN(C(=O)CN2CCN(Cc3noc4cc(F)ccc34)CC2)CC1. The fourth-order valence-corrected chi connectivity index (χ4v) is 3.94. The minimum atomic E-state index is -0.313. The summed E-state index contributed by atoms with van der Waals surface area (Å²) < 4.78 is 18.5. The minimum Gasteiger partial charge on any atom is -0.356 e. The van der Waals surface area contributed by atoms with E-state index in [2.05, 4.69) is 21.9 Å². The van der Waals surface area contributed by atoms with Crippen molar-refractivity contribution in [1.29, 1.82) is 0 Å². The number of rotatable bonds is 4. The number of halogens is 1. The van der Waals surface area contributed by atoms with Crippen molar-refractivity contribution < 1.29 is 13.7 Å². The molecule has 0 atom stereocenters. The fraction of sp³-hybridized carbons (Fsp3) is 0.600. The average molecular weight is 374 g/mol. The molecule has 0 N–H and O–H groups in total. The number of amides is 1. The van der Waals surface area contributed by atoms with Crippen LogP contribution in [0.15, 0.2) is 22.7 Å². The highest BCUT2D eigenvalue weighted by molar-refractivity contribution is 5.79. The van der Waals surface area contributed by atoms with Gasteiger partial charge in [-0.25, -0.2) is 4.39 Å². The van der Waals surface area contributed by atoms with E-state index in [0.717, 1.165) is 69.1 Å². The number of hydrogen-bond donors (Lipinski definition) is 0. The van der Waals surface area contributed by atoms with E-state index in [1.165, 1.54) is 12.1 Å². The molecule has 7 heteroatoms. The van der Waals surface area contributed by atoms with Crippen molar-refractivity contribution in [2.24, 2.45) is 5.92 Å². The number of likely N-dealkylation sites (tertiary alicyclic amines) is 1. The molecular weight excluding hydrogens is 347 g/mol. The molecule has 0 radical (unpaired) electrons. The molecule has 0 aliphatic carbocycles. The van der Waals surface area contributed by atoms with Crippen LogP contribution >= 0.6 is 0 Å². The lowest BCUT2D eigenvalue weighted by atomic mass is 9.99. The van der Waals surface area contributed by atoms with Crippen molar-refractivity contribution in [3.63, 3.8) is 0 Å². The molecule has 2 aliphatic heterocycles. The molecule has 0 saturated carbocycles. The molecule has 6 nitrogen and oxygen atoms in total. The first kappa shape index (κ1) is 18.4. The van der Waals surface area contributed by atoms with Gasteiger partial charge in [-0.15, -0.1) is 0 Å². The Morgan fingerprint density at radius 1 is 1.15 bits per heavy atom. The maximum absolute atomic E-state index is 13.3. The third-order valence-corrected chi connectivity index (χ3v) is 5.84. The van der Waals surface area contributed by atoms with Gasteiger partial charge in [0.1, 0.15) is 11.5 Å². The van der Waals surface area contributed by atoms with E-state index in [4.69, 9.17) is 4.52 Å². The highest BCUT2D eigenvalue weighted by Crippen LogP contribution is 2.21. The number of nitrogens with zero attached hydrogens (tertiary/aromatic N) is 4. The second kappa shape index (κ2) is 7.94. The monoisotopic (exact) mass is 374 g/mol. The highest BCUT2D eigenvalue weighted by Gasteiger charge is 2.25. The van der Waals surface area contributed by atoms with Gasteiger partial charge in [0.05, 0.1) is 6.54 Å². The van der Waals surface area contributed by atoms with Crippen LogP contribution in [0.4, 0.5) is 4.39 Å². The number of benzene rings is 1. The molecule has 2 saturated heterocycles. The molecule has 0 unspecified atom stereocenters. The molecule has 1 aromatic heterocycles. The average Bonchev–Trinajstić information content (AvgIpc) is 3.05. The van der Waals surface area contributed by atoms with Crippen LogP contribution in [-0.4, -0.2) is 71.6 Å². The number of carbonyl (C=O) groups excluding carboxylic acids is 1. The lowest BCUT2D eigenvalue weighted by molar-refractivity contribution is -0.134. The Morgan fingerprint density at radius 2 is 1.85 bits per heavy atom. The van der Waals surface area contributed by atoms with Gasteiger partial charge in [0, 0.05) is 57.3 Å². The number of piperidine rings is 1. The lowest BCUT2D eigenvalue weighted by Crippen LogP contribution is -2.50. The Labute approximate surface area is 158 Å².